The van der Waals surface area contributed by atoms with Gasteiger partial charge < -0.3 is 5.73 Å². The maximum atomic E-state index is 12.7. The molecule has 0 aliphatic heterocycles. The van der Waals surface area contributed by atoms with Gasteiger partial charge in [-0.15, -0.1) is 5.10 Å². The van der Waals surface area contributed by atoms with E-state index >= 15 is 0 Å². The van der Waals surface area contributed by atoms with Crippen molar-refractivity contribution in [2.24, 2.45) is 5.73 Å². The fourth-order valence-corrected chi connectivity index (χ4v) is 1.19. The summed E-state index contributed by atoms with van der Waals surface area (Å²) in [6.45, 7) is 0.238. The van der Waals surface area contributed by atoms with Crippen molar-refractivity contribution in [3.8, 4) is 11.3 Å². The van der Waals surface area contributed by atoms with E-state index in [1.165, 1.54) is 18.3 Å². The molecule has 0 spiro atoms. The predicted molar refractivity (Wildman–Crippen MR) is 53.1 cm³/mol. The lowest BCUT2D eigenvalue weighted by Gasteiger charge is -2.00. The van der Waals surface area contributed by atoms with Gasteiger partial charge in [0.15, 0.2) is 5.82 Å². The van der Waals surface area contributed by atoms with E-state index < -0.39 is 0 Å². The summed E-state index contributed by atoms with van der Waals surface area (Å²) in [5.41, 5.74) is 6.83. The molecule has 2 rings (SSSR count). The molecule has 0 aliphatic rings. The van der Waals surface area contributed by atoms with Crippen LogP contribution in [0.2, 0.25) is 0 Å². The van der Waals surface area contributed by atoms with Crippen LogP contribution in [0, 0.1) is 5.82 Å². The molecular formula is C10H9FN4. The van der Waals surface area contributed by atoms with Crippen molar-refractivity contribution in [2.75, 3.05) is 0 Å². The average molecular weight is 204 g/mol. The van der Waals surface area contributed by atoms with E-state index in [1.807, 2.05) is 0 Å². The molecule has 15 heavy (non-hydrogen) atoms. The molecule has 1 aromatic heterocycles. The van der Waals surface area contributed by atoms with Crippen molar-refractivity contribution in [1.29, 1.82) is 0 Å². The van der Waals surface area contributed by atoms with Crippen LogP contribution in [0.4, 0.5) is 4.39 Å². The van der Waals surface area contributed by atoms with Gasteiger partial charge in [0.25, 0.3) is 0 Å². The summed E-state index contributed by atoms with van der Waals surface area (Å²) in [5.74, 6) is 0.191. The number of rotatable bonds is 2. The molecule has 0 atom stereocenters. The summed E-state index contributed by atoms with van der Waals surface area (Å²) >= 11 is 0. The Bertz CT molecular complexity index is 455. The fourth-order valence-electron chi connectivity index (χ4n) is 1.19. The van der Waals surface area contributed by atoms with Gasteiger partial charge in [0.05, 0.1) is 18.4 Å². The third-order valence-corrected chi connectivity index (χ3v) is 1.93. The van der Waals surface area contributed by atoms with Crippen molar-refractivity contribution >= 4 is 0 Å². The molecule has 1 aromatic carbocycles. The average Bonchev–Trinajstić information content (AvgIpc) is 2.30. The molecule has 0 fully saturated rings. The second kappa shape index (κ2) is 4.10. The van der Waals surface area contributed by atoms with Gasteiger partial charge in [-0.3, -0.25) is 0 Å². The van der Waals surface area contributed by atoms with Gasteiger partial charge in [-0.1, -0.05) is 0 Å². The van der Waals surface area contributed by atoms with E-state index in [2.05, 4.69) is 15.2 Å². The highest BCUT2D eigenvalue weighted by molar-refractivity contribution is 5.57. The molecule has 2 N–H and O–H groups in total. The molecule has 0 bridgehead atoms. The Balaban J connectivity index is 2.40. The van der Waals surface area contributed by atoms with Gasteiger partial charge in [0.2, 0.25) is 0 Å². The van der Waals surface area contributed by atoms with Crippen molar-refractivity contribution in [2.45, 2.75) is 6.54 Å². The molecule has 0 amide bonds. The lowest BCUT2D eigenvalue weighted by Crippen LogP contribution is -2.04. The Hall–Kier alpha value is -1.88. The first-order valence-electron chi connectivity index (χ1n) is 4.44. The zero-order chi connectivity index (χ0) is 10.7. The second-order valence-electron chi connectivity index (χ2n) is 2.97. The van der Waals surface area contributed by atoms with Gasteiger partial charge >= 0.3 is 0 Å². The first kappa shape index (κ1) is 9.67. The zero-order valence-corrected chi connectivity index (χ0v) is 7.89. The lowest BCUT2D eigenvalue weighted by molar-refractivity contribution is 0.628. The van der Waals surface area contributed by atoms with Crippen LogP contribution in [0.25, 0.3) is 11.3 Å². The minimum absolute atomic E-state index is 0.238. The molecule has 2 aromatic rings. The first-order valence-corrected chi connectivity index (χ1v) is 4.44. The summed E-state index contributed by atoms with van der Waals surface area (Å²) in [6.07, 6.45) is 1.52. The van der Waals surface area contributed by atoms with Crippen LogP contribution in [0.3, 0.4) is 0 Å². The van der Waals surface area contributed by atoms with E-state index in [9.17, 15) is 4.39 Å². The SMILES string of the molecule is NCc1nncc(-c2ccc(F)cc2)n1. The number of nitrogens with zero attached hydrogens (tertiary/aromatic N) is 3. The van der Waals surface area contributed by atoms with Crippen LogP contribution in [-0.4, -0.2) is 15.2 Å². The van der Waals surface area contributed by atoms with E-state index in [-0.39, 0.29) is 12.4 Å². The normalized spacial score (nSPS) is 10.3. The Kier molecular flexibility index (Phi) is 2.64. The predicted octanol–water partition coefficient (Wildman–Crippen LogP) is 1.14. The highest BCUT2D eigenvalue weighted by atomic mass is 19.1. The molecule has 0 aliphatic carbocycles. The number of halogens is 1. The Morgan fingerprint density at radius 2 is 1.93 bits per heavy atom. The molecule has 76 valence electrons. The smallest absolute Gasteiger partial charge is 0.165 e. The van der Waals surface area contributed by atoms with E-state index in [1.54, 1.807) is 12.1 Å². The third-order valence-electron chi connectivity index (χ3n) is 1.93. The van der Waals surface area contributed by atoms with Crippen LogP contribution in [0.1, 0.15) is 5.82 Å². The van der Waals surface area contributed by atoms with Crippen LogP contribution in [0.5, 0.6) is 0 Å². The maximum Gasteiger partial charge on any atom is 0.165 e. The fraction of sp³-hybridized carbons (Fsp3) is 0.100. The highest BCUT2D eigenvalue weighted by Crippen LogP contribution is 2.15. The van der Waals surface area contributed by atoms with Crippen LogP contribution < -0.4 is 5.73 Å². The number of hydrogen-bond acceptors (Lipinski definition) is 4. The highest BCUT2D eigenvalue weighted by Gasteiger charge is 2.02. The van der Waals surface area contributed by atoms with Gasteiger partial charge in [-0.05, 0) is 24.3 Å². The monoisotopic (exact) mass is 204 g/mol. The maximum absolute atomic E-state index is 12.7. The van der Waals surface area contributed by atoms with Crippen LogP contribution in [0.15, 0.2) is 30.5 Å². The third kappa shape index (κ3) is 2.13. The minimum Gasteiger partial charge on any atom is -0.324 e. The first-order chi connectivity index (χ1) is 7.29. The van der Waals surface area contributed by atoms with E-state index in [0.717, 1.165) is 5.56 Å². The Morgan fingerprint density at radius 3 is 2.60 bits per heavy atom. The molecule has 5 heteroatoms. The van der Waals surface area contributed by atoms with Crippen molar-refractivity contribution in [3.63, 3.8) is 0 Å². The Labute approximate surface area is 86.0 Å². The molecule has 0 saturated heterocycles. The summed E-state index contributed by atoms with van der Waals surface area (Å²) in [5, 5.41) is 7.51. The number of aromatic nitrogens is 3. The zero-order valence-electron chi connectivity index (χ0n) is 7.89. The topological polar surface area (TPSA) is 64.7 Å². The van der Waals surface area contributed by atoms with Crippen LogP contribution >= 0.6 is 0 Å². The van der Waals surface area contributed by atoms with Gasteiger partial charge in [-0.2, -0.15) is 5.10 Å². The van der Waals surface area contributed by atoms with Crippen molar-refractivity contribution in [3.05, 3.63) is 42.1 Å². The molecule has 1 heterocycles. The van der Waals surface area contributed by atoms with Crippen LogP contribution in [-0.2, 0) is 6.54 Å². The summed E-state index contributed by atoms with van der Waals surface area (Å²) in [6, 6.07) is 6.03. The van der Waals surface area contributed by atoms with Gasteiger partial charge in [0.1, 0.15) is 5.82 Å². The number of benzene rings is 1. The summed E-state index contributed by atoms with van der Waals surface area (Å²) in [4.78, 5) is 4.17. The summed E-state index contributed by atoms with van der Waals surface area (Å²) in [7, 11) is 0. The standard InChI is InChI=1S/C10H9FN4/c11-8-3-1-7(2-4-8)9-6-13-15-10(5-12)14-9/h1-4,6H,5,12H2. The quantitative estimate of drug-likeness (QED) is 0.796. The molecule has 0 radical (unpaired) electrons. The molecule has 0 unspecified atom stereocenters. The lowest BCUT2D eigenvalue weighted by atomic mass is 10.2. The van der Waals surface area contributed by atoms with Gasteiger partial charge in [0, 0.05) is 5.56 Å². The second-order valence-corrected chi connectivity index (χ2v) is 2.97. The number of nitrogens with two attached hydrogens (primary N) is 1. The van der Waals surface area contributed by atoms with E-state index in [4.69, 9.17) is 5.73 Å². The van der Waals surface area contributed by atoms with Crippen molar-refractivity contribution in [1.82, 2.24) is 15.2 Å². The molecule has 0 saturated carbocycles. The van der Waals surface area contributed by atoms with E-state index in [0.29, 0.717) is 11.5 Å². The molecular weight excluding hydrogens is 195 g/mol. The number of hydrogen-bond donors (Lipinski definition) is 1. The Morgan fingerprint density at radius 1 is 1.20 bits per heavy atom. The summed E-state index contributed by atoms with van der Waals surface area (Å²) < 4.78 is 12.7. The molecule has 4 nitrogen and oxygen atoms in total. The van der Waals surface area contributed by atoms with Gasteiger partial charge in [-0.25, -0.2) is 9.37 Å². The van der Waals surface area contributed by atoms with Crippen molar-refractivity contribution < 1.29 is 4.39 Å². The largest absolute Gasteiger partial charge is 0.324 e. The minimum atomic E-state index is -0.278.